The van der Waals surface area contributed by atoms with Crippen LogP contribution in [0.1, 0.15) is 62.3 Å². The van der Waals surface area contributed by atoms with Crippen molar-refractivity contribution < 1.29 is 8.54 Å². The molecule has 0 unspecified atom stereocenters. The molecule has 0 atom stereocenters. The Balaban J connectivity index is 2.04. The molecule has 0 radical (unpaired) electrons. The summed E-state index contributed by atoms with van der Waals surface area (Å²) in [5.74, 6) is 0. The lowest BCUT2D eigenvalue weighted by atomic mass is 9.93. The molecular formula is C16H29IN2OSi. The summed E-state index contributed by atoms with van der Waals surface area (Å²) in [5.41, 5.74) is 0.386. The van der Waals surface area contributed by atoms with Crippen LogP contribution in [-0.4, -0.2) is 24.2 Å². The van der Waals surface area contributed by atoms with Gasteiger partial charge < -0.3 is 4.43 Å². The van der Waals surface area contributed by atoms with Crippen molar-refractivity contribution in [2.24, 2.45) is 0 Å². The van der Waals surface area contributed by atoms with Crippen molar-refractivity contribution in [1.29, 1.82) is 0 Å². The van der Waals surface area contributed by atoms with E-state index in [4.69, 9.17) is 8.54 Å². The Morgan fingerprint density at radius 2 is 1.95 bits per heavy atom. The van der Waals surface area contributed by atoms with E-state index in [1.165, 1.54) is 0 Å². The third kappa shape index (κ3) is 3.91. The lowest BCUT2D eigenvalue weighted by molar-refractivity contribution is 0.115. The maximum absolute atomic E-state index is 7.76. The Kier molecular flexibility index (Phi) is 4.07. The molecule has 1 aliphatic carbocycles. The minimum Gasteiger partial charge on any atom is -0.414 e. The second kappa shape index (κ2) is 6.32. The highest BCUT2D eigenvalue weighted by molar-refractivity contribution is 14.1. The summed E-state index contributed by atoms with van der Waals surface area (Å²) in [6.45, 7) is 9.27. The molecule has 0 N–H and O–H groups in total. The van der Waals surface area contributed by atoms with Crippen molar-refractivity contribution in [1.82, 2.24) is 9.78 Å². The van der Waals surface area contributed by atoms with E-state index in [-0.39, 0.29) is 11.1 Å². The van der Waals surface area contributed by atoms with Gasteiger partial charge in [-0.15, -0.1) is 0 Å². The van der Waals surface area contributed by atoms with Gasteiger partial charge in [-0.1, -0.05) is 20.8 Å². The number of rotatable bonds is 3. The fourth-order valence-corrected chi connectivity index (χ4v) is 4.41. The first-order valence-corrected chi connectivity index (χ1v) is 11.7. The van der Waals surface area contributed by atoms with Gasteiger partial charge in [-0.2, -0.15) is 5.10 Å². The molecule has 1 aromatic heterocycles. The lowest BCUT2D eigenvalue weighted by Crippen LogP contribution is -2.44. The predicted molar refractivity (Wildman–Crippen MR) is 99.3 cm³/mol. The fourth-order valence-electron chi connectivity index (χ4n) is 2.62. The van der Waals surface area contributed by atoms with Crippen LogP contribution >= 0.6 is 22.6 Å². The highest BCUT2D eigenvalue weighted by Crippen LogP contribution is 2.40. The summed E-state index contributed by atoms with van der Waals surface area (Å²) in [7, 11) is -1.74. The first-order valence-electron chi connectivity index (χ1n) is 9.24. The molecule has 1 saturated carbocycles. The van der Waals surface area contributed by atoms with Gasteiger partial charge in [-0.3, -0.25) is 4.68 Å². The van der Waals surface area contributed by atoms with Gasteiger partial charge >= 0.3 is 0 Å². The molecule has 1 aromatic rings. The molecule has 0 spiro atoms. The van der Waals surface area contributed by atoms with Crippen molar-refractivity contribution >= 4 is 30.9 Å². The maximum Gasteiger partial charge on any atom is 0.192 e. The zero-order valence-electron chi connectivity index (χ0n) is 16.7. The van der Waals surface area contributed by atoms with Gasteiger partial charge in [0, 0.05) is 15.9 Å². The van der Waals surface area contributed by atoms with Crippen LogP contribution in [0, 0.1) is 10.4 Å². The van der Waals surface area contributed by atoms with Gasteiger partial charge in [0.25, 0.3) is 0 Å². The average molecular weight is 423 g/mol. The van der Waals surface area contributed by atoms with Crippen LogP contribution in [0.15, 0.2) is 6.20 Å². The predicted octanol–water partition coefficient (Wildman–Crippen LogP) is 5.30. The summed E-state index contributed by atoms with van der Waals surface area (Å²) in [5, 5.41) is 4.58. The standard InChI is InChI=1S/C16H29IN2OSi/c1-12-15(17)11-18-19(12)13-7-9-14(10-8-13)20-21(5,6)16(2,3)4/h11,13-14H,7-10H2,1-6H3/i1D3. The van der Waals surface area contributed by atoms with Crippen molar-refractivity contribution in [3.05, 3.63) is 15.5 Å². The molecule has 0 aromatic carbocycles. The second-order valence-electron chi connectivity index (χ2n) is 7.59. The van der Waals surface area contributed by atoms with Crippen molar-refractivity contribution in [3.8, 4) is 0 Å². The van der Waals surface area contributed by atoms with Gasteiger partial charge in [-0.05, 0) is 73.3 Å². The minimum absolute atomic E-state index is 0.170. The third-order valence-corrected chi connectivity index (χ3v) is 10.3. The highest BCUT2D eigenvalue weighted by atomic mass is 127. The third-order valence-electron chi connectivity index (χ3n) is 5.01. The smallest absolute Gasteiger partial charge is 0.192 e. The molecule has 120 valence electrons. The summed E-state index contributed by atoms with van der Waals surface area (Å²) < 4.78 is 32.3. The lowest BCUT2D eigenvalue weighted by Gasteiger charge is -2.41. The molecule has 3 nitrogen and oxygen atoms in total. The molecular weight excluding hydrogens is 391 g/mol. The Labute approximate surface area is 148 Å². The van der Waals surface area contributed by atoms with Crippen LogP contribution in [0.25, 0.3) is 0 Å². The normalized spacial score (nSPS) is 27.0. The SMILES string of the molecule is [2H]C([2H])([2H])c1c(I)cnn1C1CCC(O[Si](C)(C)C(C)(C)C)CC1. The van der Waals surface area contributed by atoms with Crippen LogP contribution in [0.3, 0.4) is 0 Å². The fraction of sp³-hybridized carbons (Fsp3) is 0.812. The summed E-state index contributed by atoms with van der Waals surface area (Å²) in [6.07, 6.45) is 5.79. The number of nitrogens with zero attached hydrogens (tertiary/aromatic N) is 2. The molecule has 1 aliphatic rings. The molecule has 0 amide bonds. The average Bonchev–Trinajstić information content (AvgIpc) is 2.79. The summed E-state index contributed by atoms with van der Waals surface area (Å²) in [4.78, 5) is 0. The highest BCUT2D eigenvalue weighted by Gasteiger charge is 2.40. The summed E-state index contributed by atoms with van der Waals surface area (Å²) >= 11 is 2.07. The molecule has 0 saturated heterocycles. The largest absolute Gasteiger partial charge is 0.414 e. The van der Waals surface area contributed by atoms with E-state index >= 15 is 0 Å². The van der Waals surface area contributed by atoms with Gasteiger partial charge in [0.2, 0.25) is 0 Å². The van der Waals surface area contributed by atoms with E-state index < -0.39 is 15.2 Å². The Morgan fingerprint density at radius 1 is 1.33 bits per heavy atom. The maximum atomic E-state index is 7.76. The molecule has 5 heteroatoms. The van der Waals surface area contributed by atoms with Crippen LogP contribution in [-0.2, 0) is 4.43 Å². The van der Waals surface area contributed by atoms with Crippen LogP contribution in [0.4, 0.5) is 0 Å². The molecule has 21 heavy (non-hydrogen) atoms. The second-order valence-corrected chi connectivity index (χ2v) is 13.5. The Morgan fingerprint density at radius 3 is 2.48 bits per heavy atom. The van der Waals surface area contributed by atoms with Crippen LogP contribution in [0.5, 0.6) is 0 Å². The van der Waals surface area contributed by atoms with Crippen molar-refractivity contribution in [3.63, 3.8) is 0 Å². The van der Waals surface area contributed by atoms with E-state index in [0.717, 1.165) is 29.3 Å². The number of halogens is 1. The molecule has 0 bridgehead atoms. The zero-order valence-corrected chi connectivity index (χ0v) is 16.9. The Hall–Kier alpha value is 0.117. The summed E-state index contributed by atoms with van der Waals surface area (Å²) in [6, 6.07) is 0.170. The number of hydrogen-bond acceptors (Lipinski definition) is 2. The van der Waals surface area contributed by atoms with E-state index in [9.17, 15) is 0 Å². The van der Waals surface area contributed by atoms with Crippen molar-refractivity contribution in [2.45, 2.75) is 83.6 Å². The van der Waals surface area contributed by atoms with Gasteiger partial charge in [0.05, 0.1) is 15.8 Å². The molecule has 1 heterocycles. The monoisotopic (exact) mass is 423 g/mol. The topological polar surface area (TPSA) is 27.1 Å². The first kappa shape index (κ1) is 13.5. The zero-order chi connectivity index (χ0) is 18.3. The van der Waals surface area contributed by atoms with E-state index in [1.807, 2.05) is 0 Å². The van der Waals surface area contributed by atoms with Gasteiger partial charge in [0.15, 0.2) is 8.32 Å². The molecule has 0 aliphatic heterocycles. The van der Waals surface area contributed by atoms with Gasteiger partial charge in [-0.25, -0.2) is 0 Å². The minimum atomic E-state index is -2.11. The van der Waals surface area contributed by atoms with E-state index in [2.05, 4.69) is 61.6 Å². The van der Waals surface area contributed by atoms with Gasteiger partial charge in [0.1, 0.15) is 0 Å². The van der Waals surface area contributed by atoms with Crippen LogP contribution in [0.2, 0.25) is 18.1 Å². The van der Waals surface area contributed by atoms with E-state index in [0.29, 0.717) is 11.8 Å². The first-order chi connectivity index (χ1) is 10.8. The molecule has 1 fully saturated rings. The molecule has 2 rings (SSSR count). The number of aromatic nitrogens is 2. The van der Waals surface area contributed by atoms with Crippen molar-refractivity contribution in [2.75, 3.05) is 0 Å². The quantitative estimate of drug-likeness (QED) is 0.487. The van der Waals surface area contributed by atoms with Crippen LogP contribution < -0.4 is 0 Å². The van der Waals surface area contributed by atoms with E-state index in [1.54, 1.807) is 10.9 Å². The Bertz CT molecular complexity index is 573. The number of hydrogen-bond donors (Lipinski definition) is 0.